The highest BCUT2D eigenvalue weighted by molar-refractivity contribution is 7.12. The summed E-state index contributed by atoms with van der Waals surface area (Å²) in [6.45, 7) is 5.58. The molecule has 0 saturated carbocycles. The lowest BCUT2D eigenvalue weighted by Gasteiger charge is -2.21. The minimum atomic E-state index is -0.623. The number of carbonyl (C=O) groups excluding carboxylic acids is 2. The van der Waals surface area contributed by atoms with E-state index in [-0.39, 0.29) is 24.3 Å². The minimum absolute atomic E-state index is 0.0454. The van der Waals surface area contributed by atoms with Crippen LogP contribution >= 0.6 is 11.3 Å². The van der Waals surface area contributed by atoms with Crippen molar-refractivity contribution in [1.29, 1.82) is 0 Å². The van der Waals surface area contributed by atoms with Gasteiger partial charge in [-0.2, -0.15) is 4.98 Å². The zero-order valence-electron chi connectivity index (χ0n) is 12.6. The summed E-state index contributed by atoms with van der Waals surface area (Å²) in [6.07, 6.45) is 0. The van der Waals surface area contributed by atoms with Crippen LogP contribution in [0.4, 0.5) is 0 Å². The van der Waals surface area contributed by atoms with Crippen LogP contribution in [0.5, 0.6) is 0 Å². The van der Waals surface area contributed by atoms with Crippen LogP contribution in [0.3, 0.4) is 0 Å². The van der Waals surface area contributed by atoms with Gasteiger partial charge in [-0.25, -0.2) is 0 Å². The number of amides is 2. The molecular weight excluding hydrogens is 304 g/mol. The quantitative estimate of drug-likeness (QED) is 0.840. The van der Waals surface area contributed by atoms with E-state index in [0.29, 0.717) is 16.6 Å². The third-order valence-corrected chi connectivity index (χ3v) is 3.84. The van der Waals surface area contributed by atoms with Gasteiger partial charge in [0.2, 0.25) is 11.8 Å². The number of nitrogens with zero attached hydrogens (tertiary/aromatic N) is 2. The molecule has 118 valence electrons. The van der Waals surface area contributed by atoms with E-state index in [0.717, 1.165) is 0 Å². The molecule has 0 bridgehead atoms. The zero-order chi connectivity index (χ0) is 16.1. The number of hydrogen-bond donors (Lipinski definition) is 2. The number of thiophene rings is 1. The Morgan fingerprint density at radius 3 is 2.73 bits per heavy atom. The van der Waals surface area contributed by atoms with Crippen LogP contribution in [-0.2, 0) is 11.3 Å². The first kappa shape index (κ1) is 16.2. The van der Waals surface area contributed by atoms with E-state index in [1.807, 2.05) is 19.2 Å². The SMILES string of the molecule is Cc1nc(CNC(=O)C(NC(=O)c2cccs2)C(C)C)no1. The van der Waals surface area contributed by atoms with Gasteiger partial charge in [-0.05, 0) is 17.4 Å². The van der Waals surface area contributed by atoms with E-state index in [1.54, 1.807) is 19.1 Å². The van der Waals surface area contributed by atoms with Crippen molar-refractivity contribution in [3.8, 4) is 0 Å². The van der Waals surface area contributed by atoms with Crippen molar-refractivity contribution in [2.75, 3.05) is 0 Å². The van der Waals surface area contributed by atoms with Gasteiger partial charge in [-0.15, -0.1) is 11.3 Å². The molecule has 0 aromatic carbocycles. The second-order valence-corrected chi connectivity index (χ2v) is 6.07. The second kappa shape index (κ2) is 7.17. The number of aromatic nitrogens is 2. The molecule has 2 rings (SSSR count). The molecule has 2 amide bonds. The van der Waals surface area contributed by atoms with Gasteiger partial charge in [0.15, 0.2) is 5.82 Å². The van der Waals surface area contributed by atoms with Crippen molar-refractivity contribution in [3.63, 3.8) is 0 Å². The Morgan fingerprint density at radius 2 is 2.18 bits per heavy atom. The third kappa shape index (κ3) is 4.14. The van der Waals surface area contributed by atoms with E-state index in [1.165, 1.54) is 11.3 Å². The largest absolute Gasteiger partial charge is 0.347 e. The topological polar surface area (TPSA) is 97.1 Å². The number of rotatable bonds is 6. The standard InChI is InChI=1S/C14H18N4O3S/c1-8(2)12(17-13(19)10-5-4-6-22-10)14(20)15-7-11-16-9(3)21-18-11/h4-6,8,12H,7H2,1-3H3,(H,15,20)(H,17,19). The van der Waals surface area contributed by atoms with Gasteiger partial charge in [0.25, 0.3) is 5.91 Å². The molecule has 0 aliphatic rings. The van der Waals surface area contributed by atoms with E-state index >= 15 is 0 Å². The Labute approximate surface area is 132 Å². The van der Waals surface area contributed by atoms with E-state index in [2.05, 4.69) is 20.8 Å². The Hall–Kier alpha value is -2.22. The van der Waals surface area contributed by atoms with Gasteiger partial charge >= 0.3 is 0 Å². The predicted octanol–water partition coefficient (Wildman–Crippen LogP) is 1.51. The van der Waals surface area contributed by atoms with Crippen LogP contribution in [-0.4, -0.2) is 28.0 Å². The molecule has 8 heteroatoms. The van der Waals surface area contributed by atoms with E-state index in [4.69, 9.17) is 4.52 Å². The number of hydrogen-bond acceptors (Lipinski definition) is 6. The number of nitrogens with one attached hydrogen (secondary N) is 2. The van der Waals surface area contributed by atoms with Crippen LogP contribution < -0.4 is 10.6 Å². The molecule has 22 heavy (non-hydrogen) atoms. The van der Waals surface area contributed by atoms with Crippen LogP contribution in [0.15, 0.2) is 22.0 Å². The van der Waals surface area contributed by atoms with E-state index < -0.39 is 6.04 Å². The Morgan fingerprint density at radius 1 is 1.41 bits per heavy atom. The molecule has 2 aromatic heterocycles. The maximum Gasteiger partial charge on any atom is 0.262 e. The van der Waals surface area contributed by atoms with Crippen molar-refractivity contribution in [2.24, 2.45) is 5.92 Å². The van der Waals surface area contributed by atoms with Gasteiger partial charge in [0, 0.05) is 6.92 Å². The molecule has 0 saturated heterocycles. The average Bonchev–Trinajstić information content (AvgIpc) is 3.13. The lowest BCUT2D eigenvalue weighted by molar-refractivity contribution is -0.124. The molecular formula is C14H18N4O3S. The highest BCUT2D eigenvalue weighted by atomic mass is 32.1. The van der Waals surface area contributed by atoms with E-state index in [9.17, 15) is 9.59 Å². The van der Waals surface area contributed by atoms with Crippen molar-refractivity contribution >= 4 is 23.2 Å². The Kier molecular flexibility index (Phi) is 5.26. The van der Waals surface area contributed by atoms with Gasteiger partial charge in [-0.3, -0.25) is 9.59 Å². The fraction of sp³-hybridized carbons (Fsp3) is 0.429. The average molecular weight is 322 g/mol. The third-order valence-electron chi connectivity index (χ3n) is 2.97. The molecule has 1 atom stereocenters. The smallest absolute Gasteiger partial charge is 0.262 e. The van der Waals surface area contributed by atoms with Crippen molar-refractivity contribution in [3.05, 3.63) is 34.1 Å². The highest BCUT2D eigenvalue weighted by Crippen LogP contribution is 2.10. The number of carbonyl (C=O) groups is 2. The molecule has 2 aromatic rings. The second-order valence-electron chi connectivity index (χ2n) is 5.12. The van der Waals surface area contributed by atoms with Gasteiger partial charge in [-0.1, -0.05) is 25.1 Å². The maximum atomic E-state index is 12.3. The summed E-state index contributed by atoms with van der Waals surface area (Å²) in [5.74, 6) is 0.270. The lowest BCUT2D eigenvalue weighted by Crippen LogP contribution is -2.49. The van der Waals surface area contributed by atoms with Gasteiger partial charge in [0.05, 0.1) is 11.4 Å². The lowest BCUT2D eigenvalue weighted by atomic mass is 10.0. The van der Waals surface area contributed by atoms with Crippen LogP contribution in [0.1, 0.15) is 35.2 Å². The minimum Gasteiger partial charge on any atom is -0.347 e. The first-order valence-corrected chi connectivity index (χ1v) is 7.76. The maximum absolute atomic E-state index is 12.3. The molecule has 0 radical (unpaired) electrons. The number of aryl methyl sites for hydroxylation is 1. The summed E-state index contributed by atoms with van der Waals surface area (Å²) in [4.78, 5) is 28.9. The molecule has 0 fully saturated rings. The summed E-state index contributed by atoms with van der Waals surface area (Å²) >= 11 is 1.33. The molecule has 2 N–H and O–H groups in total. The van der Waals surface area contributed by atoms with Gasteiger partial charge in [0.1, 0.15) is 6.04 Å². The fourth-order valence-electron chi connectivity index (χ4n) is 1.84. The fourth-order valence-corrected chi connectivity index (χ4v) is 2.47. The molecule has 7 nitrogen and oxygen atoms in total. The Bertz CT molecular complexity index is 636. The first-order chi connectivity index (χ1) is 10.5. The van der Waals surface area contributed by atoms with Crippen molar-refractivity contribution < 1.29 is 14.1 Å². The molecule has 0 spiro atoms. The van der Waals surface area contributed by atoms with Crippen LogP contribution in [0, 0.1) is 12.8 Å². The normalized spacial score (nSPS) is 12.2. The summed E-state index contributed by atoms with van der Waals surface area (Å²) in [7, 11) is 0. The Balaban J connectivity index is 1.95. The summed E-state index contributed by atoms with van der Waals surface area (Å²) < 4.78 is 4.84. The van der Waals surface area contributed by atoms with Gasteiger partial charge < -0.3 is 15.2 Å². The summed E-state index contributed by atoms with van der Waals surface area (Å²) in [5.41, 5.74) is 0. The van der Waals surface area contributed by atoms with Crippen molar-refractivity contribution in [1.82, 2.24) is 20.8 Å². The van der Waals surface area contributed by atoms with Crippen LogP contribution in [0.2, 0.25) is 0 Å². The summed E-state index contributed by atoms with van der Waals surface area (Å²) in [6, 6.07) is 2.89. The predicted molar refractivity (Wildman–Crippen MR) is 81.3 cm³/mol. The zero-order valence-corrected chi connectivity index (χ0v) is 13.4. The molecule has 0 aliphatic heterocycles. The monoisotopic (exact) mass is 322 g/mol. The summed E-state index contributed by atoms with van der Waals surface area (Å²) in [5, 5.41) is 11.0. The van der Waals surface area contributed by atoms with Crippen LogP contribution in [0.25, 0.3) is 0 Å². The molecule has 1 unspecified atom stereocenters. The first-order valence-electron chi connectivity index (χ1n) is 6.88. The van der Waals surface area contributed by atoms with Crippen molar-refractivity contribution in [2.45, 2.75) is 33.4 Å². The molecule has 0 aliphatic carbocycles. The highest BCUT2D eigenvalue weighted by Gasteiger charge is 2.25. The molecule has 2 heterocycles.